The van der Waals surface area contributed by atoms with Crippen LogP contribution in [0.2, 0.25) is 15.1 Å². The van der Waals surface area contributed by atoms with E-state index in [9.17, 15) is 0 Å². The van der Waals surface area contributed by atoms with Crippen LogP contribution >= 0.6 is 57.4 Å². The Morgan fingerprint density at radius 3 is 2.29 bits per heavy atom. The van der Waals surface area contributed by atoms with Crippen LogP contribution in [0.5, 0.6) is 0 Å². The van der Waals surface area contributed by atoms with Crippen LogP contribution in [0.15, 0.2) is 24.4 Å². The predicted molar refractivity (Wildman–Crippen MR) is 81.8 cm³/mol. The lowest BCUT2D eigenvalue weighted by atomic mass is 10.1. The van der Waals surface area contributed by atoms with Crippen molar-refractivity contribution in [2.24, 2.45) is 0 Å². The summed E-state index contributed by atoms with van der Waals surface area (Å²) in [4.78, 5) is 4.08. The highest BCUT2D eigenvalue weighted by Crippen LogP contribution is 2.35. The molecule has 1 aromatic carbocycles. The van der Waals surface area contributed by atoms with Gasteiger partial charge < -0.3 is 5.73 Å². The van der Waals surface area contributed by atoms with E-state index in [1.807, 2.05) is 6.07 Å². The zero-order valence-corrected chi connectivity index (χ0v) is 12.8. The Kier molecular flexibility index (Phi) is 4.02. The zero-order valence-electron chi connectivity index (χ0n) is 8.35. The van der Waals surface area contributed by atoms with Gasteiger partial charge in [-0.25, -0.2) is 4.98 Å². The van der Waals surface area contributed by atoms with Crippen molar-refractivity contribution in [3.05, 3.63) is 43.0 Å². The molecule has 6 heteroatoms. The number of rotatable bonds is 1. The minimum Gasteiger partial charge on any atom is -0.383 e. The first-order valence-corrected chi connectivity index (χ1v) is 6.76. The fourth-order valence-electron chi connectivity index (χ4n) is 1.34. The maximum atomic E-state index is 6.12. The van der Waals surface area contributed by atoms with Gasteiger partial charge in [0.2, 0.25) is 0 Å². The number of nitrogens with zero attached hydrogens (tertiary/aromatic N) is 1. The first-order valence-electron chi connectivity index (χ1n) is 4.55. The topological polar surface area (TPSA) is 38.9 Å². The number of pyridine rings is 1. The highest BCUT2D eigenvalue weighted by Gasteiger charge is 2.09. The number of hydrogen-bond donors (Lipinski definition) is 1. The van der Waals surface area contributed by atoms with E-state index < -0.39 is 0 Å². The van der Waals surface area contributed by atoms with Crippen LogP contribution in [0.4, 0.5) is 5.82 Å². The highest BCUT2D eigenvalue weighted by atomic mass is 127. The minimum atomic E-state index is 0.429. The summed E-state index contributed by atoms with van der Waals surface area (Å²) >= 11 is 20.1. The Morgan fingerprint density at radius 1 is 1.00 bits per heavy atom. The molecule has 1 aromatic heterocycles. The van der Waals surface area contributed by atoms with Crippen LogP contribution in [0.3, 0.4) is 0 Å². The summed E-state index contributed by atoms with van der Waals surface area (Å²) in [5.74, 6) is 0.491. The molecule has 2 aromatic rings. The number of anilines is 1. The molecule has 2 rings (SSSR count). The summed E-state index contributed by atoms with van der Waals surface area (Å²) in [6.07, 6.45) is 1.66. The summed E-state index contributed by atoms with van der Waals surface area (Å²) < 4.78 is 0.863. The van der Waals surface area contributed by atoms with E-state index in [2.05, 4.69) is 27.6 Å². The maximum absolute atomic E-state index is 6.12. The molecule has 0 saturated carbocycles. The van der Waals surface area contributed by atoms with Crippen molar-refractivity contribution < 1.29 is 0 Å². The Bertz CT molecular complexity index is 587. The average molecular weight is 399 g/mol. The second-order valence-corrected chi connectivity index (χ2v) is 5.72. The fraction of sp³-hybridized carbons (Fsp3) is 0. The van der Waals surface area contributed by atoms with Crippen LogP contribution in [0, 0.1) is 3.57 Å². The summed E-state index contributed by atoms with van der Waals surface area (Å²) in [6.45, 7) is 0. The molecule has 2 nitrogen and oxygen atoms in total. The maximum Gasteiger partial charge on any atom is 0.136 e. The summed E-state index contributed by atoms with van der Waals surface area (Å²) in [6, 6.07) is 5.23. The van der Waals surface area contributed by atoms with Gasteiger partial charge in [-0.05, 0) is 40.8 Å². The first kappa shape index (κ1) is 13.2. The molecule has 0 unspecified atom stereocenters. The van der Waals surface area contributed by atoms with Gasteiger partial charge in [-0.15, -0.1) is 0 Å². The van der Waals surface area contributed by atoms with E-state index in [-0.39, 0.29) is 0 Å². The molecule has 88 valence electrons. The predicted octanol–water partition coefficient (Wildman–Crippen LogP) is 4.90. The van der Waals surface area contributed by atoms with Gasteiger partial charge >= 0.3 is 0 Å². The van der Waals surface area contributed by atoms with Crippen LogP contribution in [0.1, 0.15) is 0 Å². The van der Waals surface area contributed by atoms with Gasteiger partial charge in [-0.3, -0.25) is 0 Å². The molecule has 0 aliphatic rings. The van der Waals surface area contributed by atoms with Crippen LogP contribution in [0.25, 0.3) is 11.1 Å². The minimum absolute atomic E-state index is 0.429. The molecule has 0 aliphatic heterocycles. The van der Waals surface area contributed by atoms with E-state index in [1.165, 1.54) is 0 Å². The molecule has 0 amide bonds. The lowest BCUT2D eigenvalue weighted by Crippen LogP contribution is -1.94. The standard InChI is InChI=1S/C11H6Cl3IN2/c12-7-3-9(14)8(13)2-6(7)5-1-10(15)11(16)17-4-5/h1-4H,(H2,16,17). The highest BCUT2D eigenvalue weighted by molar-refractivity contribution is 14.1. The number of nitrogen functional groups attached to an aromatic ring is 1. The van der Waals surface area contributed by atoms with Crippen LogP contribution in [-0.2, 0) is 0 Å². The van der Waals surface area contributed by atoms with Crippen molar-refractivity contribution in [2.75, 3.05) is 5.73 Å². The largest absolute Gasteiger partial charge is 0.383 e. The SMILES string of the molecule is Nc1ncc(-c2cc(Cl)c(Cl)cc2Cl)cc1I. The number of hydrogen-bond acceptors (Lipinski definition) is 2. The molecular weight excluding hydrogens is 393 g/mol. The van der Waals surface area contributed by atoms with Crippen molar-refractivity contribution in [3.8, 4) is 11.1 Å². The van der Waals surface area contributed by atoms with E-state index in [0.717, 1.165) is 14.7 Å². The zero-order chi connectivity index (χ0) is 12.6. The summed E-state index contributed by atoms with van der Waals surface area (Å²) in [5, 5.41) is 1.41. The molecule has 0 aliphatic carbocycles. The van der Waals surface area contributed by atoms with Crippen molar-refractivity contribution in [1.29, 1.82) is 0 Å². The van der Waals surface area contributed by atoms with Gasteiger partial charge in [0.15, 0.2) is 0 Å². The molecule has 0 atom stereocenters. The van der Waals surface area contributed by atoms with Gasteiger partial charge in [0.1, 0.15) is 5.82 Å². The van der Waals surface area contributed by atoms with E-state index in [4.69, 9.17) is 40.5 Å². The monoisotopic (exact) mass is 398 g/mol. The van der Waals surface area contributed by atoms with Crippen molar-refractivity contribution in [3.63, 3.8) is 0 Å². The Balaban J connectivity index is 2.60. The molecule has 1 heterocycles. The van der Waals surface area contributed by atoms with Crippen LogP contribution < -0.4 is 5.73 Å². The lowest BCUT2D eigenvalue weighted by Gasteiger charge is -2.07. The van der Waals surface area contributed by atoms with E-state index in [1.54, 1.807) is 18.3 Å². The number of benzene rings is 1. The molecule has 2 N–H and O–H groups in total. The van der Waals surface area contributed by atoms with Gasteiger partial charge in [-0.2, -0.15) is 0 Å². The third-order valence-corrected chi connectivity index (χ3v) is 4.09. The molecule has 0 saturated heterocycles. The number of halogens is 4. The average Bonchev–Trinajstić information content (AvgIpc) is 2.27. The van der Waals surface area contributed by atoms with E-state index in [0.29, 0.717) is 20.9 Å². The third-order valence-electron chi connectivity index (χ3n) is 2.19. The quantitative estimate of drug-likeness (QED) is 0.547. The Morgan fingerprint density at radius 2 is 1.65 bits per heavy atom. The van der Waals surface area contributed by atoms with Crippen LogP contribution in [-0.4, -0.2) is 4.98 Å². The Labute approximate surface area is 127 Å². The normalized spacial score (nSPS) is 10.6. The number of nitrogens with two attached hydrogens (primary N) is 1. The Hall–Kier alpha value is -0.230. The fourth-order valence-corrected chi connectivity index (χ4v) is 2.47. The second-order valence-electron chi connectivity index (χ2n) is 3.34. The molecule has 0 fully saturated rings. The molecule has 17 heavy (non-hydrogen) atoms. The molecule has 0 bridgehead atoms. The first-order chi connectivity index (χ1) is 7.99. The number of aromatic nitrogens is 1. The lowest BCUT2D eigenvalue weighted by molar-refractivity contribution is 1.32. The summed E-state index contributed by atoms with van der Waals surface area (Å²) in [7, 11) is 0. The third kappa shape index (κ3) is 2.78. The summed E-state index contributed by atoms with van der Waals surface area (Å²) in [5.41, 5.74) is 7.30. The smallest absolute Gasteiger partial charge is 0.136 e. The van der Waals surface area contributed by atoms with Gasteiger partial charge in [-0.1, -0.05) is 34.8 Å². The van der Waals surface area contributed by atoms with Crippen molar-refractivity contribution in [1.82, 2.24) is 4.98 Å². The second kappa shape index (κ2) is 5.18. The molecule has 0 spiro atoms. The van der Waals surface area contributed by atoms with Gasteiger partial charge in [0.05, 0.1) is 18.6 Å². The molecular formula is C11H6Cl3IN2. The van der Waals surface area contributed by atoms with Crippen molar-refractivity contribution >= 4 is 63.2 Å². The van der Waals surface area contributed by atoms with E-state index >= 15 is 0 Å². The van der Waals surface area contributed by atoms with Gasteiger partial charge in [0.25, 0.3) is 0 Å². The van der Waals surface area contributed by atoms with Gasteiger partial charge in [0, 0.05) is 17.3 Å². The molecule has 0 radical (unpaired) electrons. The van der Waals surface area contributed by atoms with Crippen molar-refractivity contribution in [2.45, 2.75) is 0 Å².